The van der Waals surface area contributed by atoms with Gasteiger partial charge in [-0.15, -0.1) is 11.8 Å². The number of aliphatic hydroxyl groups is 1. The number of aromatic nitrogens is 1. The number of pyridine rings is 1. The third-order valence-electron chi connectivity index (χ3n) is 8.94. The van der Waals surface area contributed by atoms with Crippen LogP contribution in [0.15, 0.2) is 17.2 Å². The number of nitrogens with one attached hydrogen (secondary N) is 1. The molecule has 6 fully saturated rings. The van der Waals surface area contributed by atoms with E-state index < -0.39 is 18.0 Å². The predicted octanol–water partition coefficient (Wildman–Crippen LogP) is 4.41. The zero-order valence-electron chi connectivity index (χ0n) is 20.0. The van der Waals surface area contributed by atoms with Gasteiger partial charge in [-0.2, -0.15) is 0 Å². The number of anilines is 1. The Balaban J connectivity index is 1.24. The van der Waals surface area contributed by atoms with Crippen molar-refractivity contribution >= 4 is 29.6 Å². The summed E-state index contributed by atoms with van der Waals surface area (Å²) in [4.78, 5) is 31.6. The lowest BCUT2D eigenvalue weighted by Gasteiger charge is -2.58. The zero-order valence-corrected chi connectivity index (χ0v) is 20.8. The minimum atomic E-state index is -1.28. The molecule has 5 aliphatic carbocycles. The van der Waals surface area contributed by atoms with Gasteiger partial charge in [-0.3, -0.25) is 4.79 Å². The van der Waals surface area contributed by atoms with Crippen molar-refractivity contribution in [1.82, 2.24) is 10.3 Å². The highest BCUT2D eigenvalue weighted by Crippen LogP contribution is 2.55. The van der Waals surface area contributed by atoms with Crippen LogP contribution < -0.4 is 10.2 Å². The standard InChI is InChI=1S/C26H35N3O5S/c30-23(28-22-16-10-15-11-17(22)14-26(33,12-15)13-16)19-7-8-20(27-24(19)35-18-4-1-2-5-18)29-9-3-6-21(29)34-25(31)32/h7-8,15-18,21-22,33H,1-6,9-14H2,(H,28,30)(H,31,32)/t15?,16?,17?,21-,22-,26+/m0/s1. The molecule has 1 saturated heterocycles. The van der Waals surface area contributed by atoms with Crippen LogP contribution in [0.2, 0.25) is 0 Å². The number of carbonyl (C=O) groups is 2. The second-order valence-electron chi connectivity index (χ2n) is 11.4. The van der Waals surface area contributed by atoms with E-state index in [1.165, 1.54) is 12.8 Å². The van der Waals surface area contributed by atoms with Crippen molar-refractivity contribution < 1.29 is 24.5 Å². The molecule has 6 aliphatic rings. The number of ether oxygens (including phenoxy) is 1. The molecule has 0 aromatic carbocycles. The van der Waals surface area contributed by atoms with Crippen molar-refractivity contribution in [3.8, 4) is 0 Å². The van der Waals surface area contributed by atoms with Gasteiger partial charge < -0.3 is 25.2 Å². The maximum absolute atomic E-state index is 13.6. The second-order valence-corrected chi connectivity index (χ2v) is 12.7. The Hall–Kier alpha value is -2.00. The van der Waals surface area contributed by atoms with Crippen molar-refractivity contribution in [2.75, 3.05) is 11.4 Å². The van der Waals surface area contributed by atoms with Crippen molar-refractivity contribution in [2.24, 2.45) is 17.8 Å². The van der Waals surface area contributed by atoms with E-state index in [1.54, 1.807) is 11.8 Å². The molecular formula is C26H35N3O5S. The number of hydrogen-bond donors (Lipinski definition) is 3. The smallest absolute Gasteiger partial charge is 0.450 e. The molecule has 0 spiro atoms. The fraction of sp³-hybridized carbons (Fsp3) is 0.731. The maximum atomic E-state index is 13.6. The Morgan fingerprint density at radius 3 is 2.51 bits per heavy atom. The molecule has 9 heteroatoms. The van der Waals surface area contributed by atoms with Crippen LogP contribution in [0.5, 0.6) is 0 Å². The van der Waals surface area contributed by atoms with Crippen LogP contribution in [-0.4, -0.2) is 56.9 Å². The van der Waals surface area contributed by atoms with Crippen LogP contribution in [-0.2, 0) is 4.74 Å². The molecule has 2 unspecified atom stereocenters. The minimum Gasteiger partial charge on any atom is -0.450 e. The third kappa shape index (κ3) is 4.61. The number of hydrogen-bond acceptors (Lipinski definition) is 7. The van der Waals surface area contributed by atoms with Crippen LogP contribution in [0, 0.1) is 17.8 Å². The Labute approximate surface area is 210 Å². The average molecular weight is 502 g/mol. The molecule has 5 saturated carbocycles. The molecule has 1 aromatic heterocycles. The number of carbonyl (C=O) groups excluding carboxylic acids is 1. The van der Waals surface area contributed by atoms with Crippen LogP contribution in [0.1, 0.15) is 81.0 Å². The first kappa shape index (κ1) is 23.4. The fourth-order valence-electron chi connectivity index (χ4n) is 7.70. The van der Waals surface area contributed by atoms with Crippen molar-refractivity contribution in [1.29, 1.82) is 0 Å². The number of amides is 1. The first-order valence-corrected chi connectivity index (χ1v) is 14.1. The van der Waals surface area contributed by atoms with Gasteiger partial charge in [0.05, 0.1) is 11.2 Å². The van der Waals surface area contributed by atoms with Crippen LogP contribution >= 0.6 is 11.8 Å². The van der Waals surface area contributed by atoms with Crippen molar-refractivity contribution in [2.45, 2.75) is 98.8 Å². The van der Waals surface area contributed by atoms with Gasteiger partial charge in [-0.05, 0) is 81.3 Å². The molecule has 3 N–H and O–H groups in total. The summed E-state index contributed by atoms with van der Waals surface area (Å²) < 4.78 is 5.09. The van der Waals surface area contributed by atoms with Crippen LogP contribution in [0.25, 0.3) is 0 Å². The minimum absolute atomic E-state index is 0.0752. The molecule has 8 nitrogen and oxygen atoms in total. The van der Waals surface area contributed by atoms with Gasteiger partial charge in [0.2, 0.25) is 0 Å². The van der Waals surface area contributed by atoms with E-state index in [-0.39, 0.29) is 11.9 Å². The molecule has 1 aliphatic heterocycles. The molecule has 1 amide bonds. The zero-order chi connectivity index (χ0) is 24.2. The summed E-state index contributed by atoms with van der Waals surface area (Å²) in [6, 6.07) is 3.81. The Morgan fingerprint density at radius 1 is 1.09 bits per heavy atom. The molecule has 190 valence electrons. The van der Waals surface area contributed by atoms with E-state index >= 15 is 0 Å². The number of carboxylic acid groups (broad SMARTS) is 1. The molecule has 1 aromatic rings. The number of thioether (sulfide) groups is 1. The number of nitrogens with zero attached hydrogens (tertiary/aromatic N) is 2. The van der Waals surface area contributed by atoms with E-state index in [0.717, 1.165) is 56.4 Å². The summed E-state index contributed by atoms with van der Waals surface area (Å²) in [6.45, 7) is 0.680. The van der Waals surface area contributed by atoms with Gasteiger partial charge in [0, 0.05) is 24.3 Å². The van der Waals surface area contributed by atoms with Gasteiger partial charge >= 0.3 is 6.16 Å². The summed E-state index contributed by atoms with van der Waals surface area (Å²) in [5.74, 6) is 1.90. The van der Waals surface area contributed by atoms with Gasteiger partial charge in [-0.1, -0.05) is 12.8 Å². The Bertz CT molecular complexity index is 983. The maximum Gasteiger partial charge on any atom is 0.507 e. The largest absolute Gasteiger partial charge is 0.507 e. The monoisotopic (exact) mass is 501 g/mol. The molecular weight excluding hydrogens is 466 g/mol. The first-order valence-electron chi connectivity index (χ1n) is 13.2. The molecule has 0 radical (unpaired) electrons. The van der Waals surface area contributed by atoms with Crippen molar-refractivity contribution in [3.05, 3.63) is 17.7 Å². The fourth-order valence-corrected chi connectivity index (χ4v) is 9.02. The summed E-state index contributed by atoms with van der Waals surface area (Å²) >= 11 is 1.69. The van der Waals surface area contributed by atoms with E-state index in [9.17, 15) is 14.7 Å². The van der Waals surface area contributed by atoms with E-state index in [1.807, 2.05) is 17.0 Å². The molecule has 35 heavy (non-hydrogen) atoms. The SMILES string of the molecule is O=C(O)O[C@H]1CCCN1c1ccc(C(=O)N[C@H]2C3CC4CC2C[C@@](O)(C4)C3)c(SC2CCCC2)n1. The lowest BCUT2D eigenvalue weighted by molar-refractivity contribution is -0.136. The summed E-state index contributed by atoms with van der Waals surface area (Å²) in [5.41, 5.74) is 0.0856. The highest BCUT2D eigenvalue weighted by molar-refractivity contribution is 7.99. The molecule has 4 bridgehead atoms. The van der Waals surface area contributed by atoms with Crippen molar-refractivity contribution in [3.63, 3.8) is 0 Å². The van der Waals surface area contributed by atoms with Crippen LogP contribution in [0.3, 0.4) is 0 Å². The molecule has 3 atom stereocenters. The summed E-state index contributed by atoms with van der Waals surface area (Å²) in [6.07, 6.45) is 9.04. The predicted molar refractivity (Wildman–Crippen MR) is 132 cm³/mol. The van der Waals surface area contributed by atoms with Gasteiger partial charge in [0.1, 0.15) is 10.8 Å². The quantitative estimate of drug-likeness (QED) is 0.492. The summed E-state index contributed by atoms with van der Waals surface area (Å²) in [5, 5.41) is 24.6. The summed E-state index contributed by atoms with van der Waals surface area (Å²) in [7, 11) is 0. The van der Waals surface area contributed by atoms with Gasteiger partial charge in [0.25, 0.3) is 5.91 Å². The first-order chi connectivity index (χ1) is 16.9. The number of rotatable bonds is 6. The second kappa shape index (κ2) is 9.14. The topological polar surface area (TPSA) is 112 Å². The van der Waals surface area contributed by atoms with Crippen LogP contribution in [0.4, 0.5) is 10.6 Å². The van der Waals surface area contributed by atoms with Gasteiger partial charge in [0.15, 0.2) is 6.23 Å². The van der Waals surface area contributed by atoms with E-state index in [4.69, 9.17) is 14.8 Å². The highest BCUT2D eigenvalue weighted by Gasteiger charge is 2.55. The van der Waals surface area contributed by atoms with Gasteiger partial charge in [-0.25, -0.2) is 9.78 Å². The molecule has 2 heterocycles. The van der Waals surface area contributed by atoms with E-state index in [0.29, 0.717) is 47.4 Å². The third-order valence-corrected chi connectivity index (χ3v) is 10.3. The van der Waals surface area contributed by atoms with E-state index in [2.05, 4.69) is 5.32 Å². The Morgan fingerprint density at radius 2 is 1.83 bits per heavy atom. The highest BCUT2D eigenvalue weighted by atomic mass is 32.2. The Kier molecular flexibility index (Phi) is 6.11. The molecule has 7 rings (SSSR count). The lowest BCUT2D eigenvalue weighted by Crippen LogP contribution is -2.61. The normalized spacial score (nSPS) is 36.0. The average Bonchev–Trinajstić information content (AvgIpc) is 3.47. The lowest BCUT2D eigenvalue weighted by atomic mass is 9.52.